The Morgan fingerprint density at radius 3 is 2.84 bits per heavy atom. The normalized spacial score (nSPS) is 22.7. The highest BCUT2D eigenvalue weighted by molar-refractivity contribution is 5.73. The topological polar surface area (TPSA) is 57.3 Å². The molecule has 25 heavy (non-hydrogen) atoms. The summed E-state index contributed by atoms with van der Waals surface area (Å²) in [5, 5.41) is 5.93. The summed E-state index contributed by atoms with van der Waals surface area (Å²) in [4.78, 5) is 18.5. The Morgan fingerprint density at radius 1 is 1.16 bits per heavy atom. The molecule has 0 bridgehead atoms. The van der Waals surface area contributed by atoms with Gasteiger partial charge in [-0.1, -0.05) is 30.3 Å². The second-order valence-corrected chi connectivity index (χ2v) is 7.20. The maximum absolute atomic E-state index is 12.1. The lowest BCUT2D eigenvalue weighted by Gasteiger charge is -2.13. The van der Waals surface area contributed by atoms with Crippen molar-refractivity contribution in [1.82, 2.24) is 15.6 Å². The van der Waals surface area contributed by atoms with Crippen LogP contribution in [0.1, 0.15) is 22.7 Å². The van der Waals surface area contributed by atoms with Gasteiger partial charge in [0.05, 0.1) is 12.2 Å². The first-order valence-corrected chi connectivity index (χ1v) is 8.86. The predicted molar refractivity (Wildman–Crippen MR) is 98.7 cm³/mol. The van der Waals surface area contributed by atoms with E-state index in [0.29, 0.717) is 18.4 Å². The van der Waals surface area contributed by atoms with E-state index in [-0.39, 0.29) is 6.03 Å². The molecule has 1 fully saturated rings. The zero-order chi connectivity index (χ0) is 17.4. The van der Waals surface area contributed by atoms with Gasteiger partial charge in [-0.15, -0.1) is 0 Å². The van der Waals surface area contributed by atoms with E-state index in [1.54, 1.807) is 0 Å². The van der Waals surface area contributed by atoms with Gasteiger partial charge in [0.25, 0.3) is 0 Å². The number of carbonyl (C=O) groups is 1. The zero-order valence-electron chi connectivity index (χ0n) is 14.7. The average Bonchev–Trinajstić information content (AvgIpc) is 3.16. The van der Waals surface area contributed by atoms with Crippen molar-refractivity contribution in [2.24, 2.45) is 11.8 Å². The van der Waals surface area contributed by atoms with Crippen LogP contribution in [0.25, 0.3) is 0 Å². The highest BCUT2D eigenvalue weighted by Gasteiger charge is 2.54. The van der Waals surface area contributed by atoms with Gasteiger partial charge in [-0.3, -0.25) is 0 Å². The van der Waals surface area contributed by atoms with Gasteiger partial charge in [0, 0.05) is 20.6 Å². The SMILES string of the molecule is CN(C)c1cccc(CNC(=O)NC[C@H]2[C@@H]3Cc4ccccc4[C@@H]23)n1. The van der Waals surface area contributed by atoms with Gasteiger partial charge in [-0.05, 0) is 47.4 Å². The number of hydrogen-bond acceptors (Lipinski definition) is 3. The molecule has 0 unspecified atom stereocenters. The molecule has 1 aromatic carbocycles. The average molecular weight is 336 g/mol. The van der Waals surface area contributed by atoms with E-state index in [0.717, 1.165) is 30.4 Å². The number of hydrogen-bond donors (Lipinski definition) is 2. The molecular weight excluding hydrogens is 312 g/mol. The van der Waals surface area contributed by atoms with Crippen molar-refractivity contribution >= 4 is 11.8 Å². The van der Waals surface area contributed by atoms with E-state index in [9.17, 15) is 4.79 Å². The van der Waals surface area contributed by atoms with E-state index < -0.39 is 0 Å². The molecule has 2 aliphatic rings. The third kappa shape index (κ3) is 3.18. The third-order valence-electron chi connectivity index (χ3n) is 5.38. The summed E-state index contributed by atoms with van der Waals surface area (Å²) in [6, 6.07) is 14.4. The summed E-state index contributed by atoms with van der Waals surface area (Å²) in [5.41, 5.74) is 3.84. The Bertz CT molecular complexity index is 789. The number of nitrogens with one attached hydrogen (secondary N) is 2. The van der Waals surface area contributed by atoms with Crippen molar-refractivity contribution in [3.63, 3.8) is 0 Å². The smallest absolute Gasteiger partial charge is 0.315 e. The summed E-state index contributed by atoms with van der Waals surface area (Å²) in [7, 11) is 3.91. The minimum Gasteiger partial charge on any atom is -0.363 e. The van der Waals surface area contributed by atoms with Crippen LogP contribution in [0.5, 0.6) is 0 Å². The number of amides is 2. The maximum atomic E-state index is 12.1. The van der Waals surface area contributed by atoms with Crippen LogP contribution in [-0.4, -0.2) is 31.7 Å². The van der Waals surface area contributed by atoms with Gasteiger partial charge in [-0.2, -0.15) is 0 Å². The Morgan fingerprint density at radius 2 is 2.00 bits per heavy atom. The predicted octanol–water partition coefficient (Wildman–Crippen LogP) is 2.53. The molecule has 0 radical (unpaired) electrons. The fourth-order valence-electron chi connectivity index (χ4n) is 4.02. The molecule has 1 aromatic heterocycles. The first-order chi connectivity index (χ1) is 12.1. The number of rotatable bonds is 5. The van der Waals surface area contributed by atoms with Crippen molar-refractivity contribution < 1.29 is 4.79 Å². The number of urea groups is 1. The van der Waals surface area contributed by atoms with E-state index in [2.05, 4.69) is 39.9 Å². The molecule has 1 saturated carbocycles. The molecule has 0 aliphatic heterocycles. The standard InChI is InChI=1S/C20H24N4O/c1-24(2)18-9-5-7-14(23-18)11-21-20(25)22-12-17-16-10-13-6-3-4-8-15(13)19(16)17/h3-9,16-17,19H,10-12H2,1-2H3,(H2,21,22,25)/t16-,17-,19+/m0/s1. The van der Waals surface area contributed by atoms with Crippen molar-refractivity contribution in [1.29, 1.82) is 0 Å². The molecule has 5 heteroatoms. The summed E-state index contributed by atoms with van der Waals surface area (Å²) in [6.45, 7) is 1.19. The van der Waals surface area contributed by atoms with Crippen LogP contribution in [-0.2, 0) is 13.0 Å². The first kappa shape index (κ1) is 15.9. The van der Waals surface area contributed by atoms with E-state index in [1.165, 1.54) is 11.1 Å². The molecule has 0 spiro atoms. The molecule has 0 saturated heterocycles. The zero-order valence-corrected chi connectivity index (χ0v) is 14.7. The summed E-state index contributed by atoms with van der Waals surface area (Å²) in [6.07, 6.45) is 1.16. The lowest BCUT2D eigenvalue weighted by molar-refractivity contribution is 0.239. The quantitative estimate of drug-likeness (QED) is 0.882. The number of benzene rings is 1. The lowest BCUT2D eigenvalue weighted by Crippen LogP contribution is -2.36. The molecule has 5 nitrogen and oxygen atoms in total. The van der Waals surface area contributed by atoms with Crippen LogP contribution in [0.15, 0.2) is 42.5 Å². The fourth-order valence-corrected chi connectivity index (χ4v) is 4.02. The van der Waals surface area contributed by atoms with Crippen molar-refractivity contribution in [2.45, 2.75) is 18.9 Å². The van der Waals surface area contributed by atoms with Crippen LogP contribution in [0, 0.1) is 11.8 Å². The molecule has 2 amide bonds. The highest BCUT2D eigenvalue weighted by Crippen LogP contribution is 2.60. The van der Waals surface area contributed by atoms with Crippen LogP contribution in [0.2, 0.25) is 0 Å². The Kier molecular flexibility index (Phi) is 4.07. The van der Waals surface area contributed by atoms with Gasteiger partial charge in [-0.25, -0.2) is 9.78 Å². The first-order valence-electron chi connectivity index (χ1n) is 8.86. The van der Waals surface area contributed by atoms with E-state index >= 15 is 0 Å². The monoisotopic (exact) mass is 336 g/mol. The van der Waals surface area contributed by atoms with Gasteiger partial charge in [0.1, 0.15) is 5.82 Å². The molecular formula is C20H24N4O. The minimum absolute atomic E-state index is 0.115. The Hall–Kier alpha value is -2.56. The highest BCUT2D eigenvalue weighted by atomic mass is 16.2. The van der Waals surface area contributed by atoms with Crippen LogP contribution in [0.3, 0.4) is 0 Å². The van der Waals surface area contributed by atoms with Crippen molar-refractivity contribution in [3.8, 4) is 0 Å². The molecule has 2 N–H and O–H groups in total. The van der Waals surface area contributed by atoms with E-state index in [4.69, 9.17) is 0 Å². The third-order valence-corrected chi connectivity index (χ3v) is 5.38. The van der Waals surface area contributed by atoms with Gasteiger partial charge in [0.15, 0.2) is 0 Å². The van der Waals surface area contributed by atoms with E-state index in [1.807, 2.05) is 37.2 Å². The van der Waals surface area contributed by atoms with Crippen LogP contribution < -0.4 is 15.5 Å². The lowest BCUT2D eigenvalue weighted by atomic mass is 10.0. The van der Waals surface area contributed by atoms with Crippen LogP contribution in [0.4, 0.5) is 10.6 Å². The number of aromatic nitrogens is 1. The van der Waals surface area contributed by atoms with Crippen molar-refractivity contribution in [3.05, 3.63) is 59.3 Å². The number of carbonyl (C=O) groups excluding carboxylic acids is 1. The maximum Gasteiger partial charge on any atom is 0.315 e. The fraction of sp³-hybridized carbons (Fsp3) is 0.400. The summed E-state index contributed by atoms with van der Waals surface area (Å²) >= 11 is 0. The summed E-state index contributed by atoms with van der Waals surface area (Å²) < 4.78 is 0. The number of anilines is 1. The van der Waals surface area contributed by atoms with Gasteiger partial charge < -0.3 is 15.5 Å². The van der Waals surface area contributed by atoms with Gasteiger partial charge >= 0.3 is 6.03 Å². The number of pyridine rings is 1. The molecule has 3 atom stereocenters. The Balaban J connectivity index is 1.24. The van der Waals surface area contributed by atoms with Crippen LogP contribution >= 0.6 is 0 Å². The van der Waals surface area contributed by atoms with Crippen molar-refractivity contribution in [2.75, 3.05) is 25.5 Å². The molecule has 130 valence electrons. The molecule has 1 heterocycles. The number of fused-ring (bicyclic) bond motifs is 3. The molecule has 4 rings (SSSR count). The largest absolute Gasteiger partial charge is 0.363 e. The second-order valence-electron chi connectivity index (χ2n) is 7.20. The van der Waals surface area contributed by atoms with Gasteiger partial charge in [0.2, 0.25) is 0 Å². The number of nitrogens with zero attached hydrogens (tertiary/aromatic N) is 2. The second kappa shape index (κ2) is 6.39. The summed E-state index contributed by atoms with van der Waals surface area (Å²) in [5.74, 6) is 2.85. The molecule has 2 aromatic rings. The molecule has 2 aliphatic carbocycles. The minimum atomic E-state index is -0.115. The Labute approximate surface area is 148 Å².